The number of fused-ring (bicyclic) bond motifs is 1. The Morgan fingerprint density at radius 3 is 2.36 bits per heavy atom. The number of rotatable bonds is 12. The van der Waals surface area contributed by atoms with Gasteiger partial charge in [-0.3, -0.25) is 4.72 Å². The molecule has 2 amide bonds. The molecule has 0 spiro atoms. The molecular formula is C31H38FN3O6S. The molecule has 0 unspecified atom stereocenters. The number of nitrogens with zero attached hydrogens (tertiary/aromatic N) is 1. The predicted molar refractivity (Wildman–Crippen MR) is 160 cm³/mol. The molecule has 2 N–H and O–H groups in total. The molecule has 0 fully saturated rings. The third kappa shape index (κ3) is 8.21. The van der Waals surface area contributed by atoms with Crippen LogP contribution in [0.4, 0.5) is 20.6 Å². The summed E-state index contributed by atoms with van der Waals surface area (Å²) in [5.41, 5.74) is 3.23. The number of carbonyl (C=O) groups excluding carboxylic acids is 1. The minimum absolute atomic E-state index is 0.00975. The zero-order chi connectivity index (χ0) is 30.3. The average Bonchev–Trinajstić information content (AvgIpc) is 3.38. The molecule has 3 aromatic carbocycles. The highest BCUT2D eigenvalue weighted by atomic mass is 32.2. The average molecular weight is 600 g/mol. The minimum atomic E-state index is -4.08. The highest BCUT2D eigenvalue weighted by Crippen LogP contribution is 2.29. The van der Waals surface area contributed by atoms with Crippen molar-refractivity contribution in [2.75, 3.05) is 43.6 Å². The van der Waals surface area contributed by atoms with Crippen LogP contribution >= 0.6 is 0 Å². The van der Waals surface area contributed by atoms with Crippen LogP contribution in [0.2, 0.25) is 0 Å². The predicted octanol–water partition coefficient (Wildman–Crippen LogP) is 5.90. The van der Waals surface area contributed by atoms with Crippen LogP contribution in [0, 0.1) is 5.82 Å². The topological polar surface area (TPSA) is 106 Å². The molecule has 1 aliphatic heterocycles. The smallest absolute Gasteiger partial charge is 0.322 e. The van der Waals surface area contributed by atoms with Crippen molar-refractivity contribution >= 4 is 27.4 Å². The van der Waals surface area contributed by atoms with Crippen LogP contribution in [-0.4, -0.2) is 52.9 Å². The van der Waals surface area contributed by atoms with E-state index in [1.165, 1.54) is 24.3 Å². The molecule has 1 heterocycles. The van der Waals surface area contributed by atoms with Gasteiger partial charge in [-0.05, 0) is 58.5 Å². The molecule has 1 aliphatic rings. The molecule has 0 atom stereocenters. The van der Waals surface area contributed by atoms with E-state index in [1.54, 1.807) is 18.1 Å². The summed E-state index contributed by atoms with van der Waals surface area (Å²) < 4.78 is 59.0. The number of anilines is 2. The molecule has 0 saturated carbocycles. The van der Waals surface area contributed by atoms with Gasteiger partial charge in [0.1, 0.15) is 5.75 Å². The highest BCUT2D eigenvalue weighted by Gasteiger charge is 2.26. The zero-order valence-corrected chi connectivity index (χ0v) is 25.2. The molecule has 0 radical (unpaired) electrons. The van der Waals surface area contributed by atoms with Gasteiger partial charge in [0.05, 0.1) is 30.4 Å². The number of nitrogens with one attached hydrogen (secondary N) is 2. The Kier molecular flexibility index (Phi) is 10.1. The van der Waals surface area contributed by atoms with Gasteiger partial charge >= 0.3 is 6.03 Å². The van der Waals surface area contributed by atoms with Crippen LogP contribution in [0.25, 0.3) is 0 Å². The number of carbonyl (C=O) groups is 1. The van der Waals surface area contributed by atoms with Crippen LogP contribution in [0.1, 0.15) is 43.9 Å². The fourth-order valence-electron chi connectivity index (χ4n) is 4.41. The summed E-state index contributed by atoms with van der Waals surface area (Å²) >= 11 is 0. The lowest BCUT2D eigenvalue weighted by molar-refractivity contribution is 0.0644. The first-order valence-electron chi connectivity index (χ1n) is 13.8. The SMILES string of the molecule is COCCOCCCOc1ccc(NS(=O)(=O)c2ccc3c(c2)CN(C(=O)Nc2ccc(C(C)(C)C)cc2)C3)c(F)c1. The van der Waals surface area contributed by atoms with Crippen LogP contribution in [0.15, 0.2) is 65.6 Å². The first-order valence-corrected chi connectivity index (χ1v) is 15.2. The monoisotopic (exact) mass is 599 g/mol. The fraction of sp³-hybridized carbons (Fsp3) is 0.387. The molecule has 0 saturated heterocycles. The molecule has 226 valence electrons. The van der Waals surface area contributed by atoms with Gasteiger partial charge in [0, 0.05) is 45.0 Å². The van der Waals surface area contributed by atoms with Crippen molar-refractivity contribution in [3.05, 3.63) is 83.2 Å². The van der Waals surface area contributed by atoms with Gasteiger partial charge in [0.25, 0.3) is 10.0 Å². The first-order chi connectivity index (χ1) is 20.0. The normalized spacial score (nSPS) is 13.1. The van der Waals surface area contributed by atoms with Gasteiger partial charge < -0.3 is 24.4 Å². The maximum absolute atomic E-state index is 14.7. The quantitative estimate of drug-likeness (QED) is 0.251. The van der Waals surface area contributed by atoms with Gasteiger partial charge in [-0.25, -0.2) is 17.6 Å². The third-order valence-corrected chi connectivity index (χ3v) is 8.18. The second kappa shape index (κ2) is 13.5. The number of ether oxygens (including phenoxy) is 3. The molecule has 0 bridgehead atoms. The summed E-state index contributed by atoms with van der Waals surface area (Å²) in [4.78, 5) is 14.5. The Balaban J connectivity index is 1.33. The largest absolute Gasteiger partial charge is 0.493 e. The maximum Gasteiger partial charge on any atom is 0.322 e. The fourth-order valence-corrected chi connectivity index (χ4v) is 5.52. The first kappa shape index (κ1) is 31.3. The van der Waals surface area contributed by atoms with Gasteiger partial charge in [-0.1, -0.05) is 39.0 Å². The Bertz CT molecular complexity index is 1490. The van der Waals surface area contributed by atoms with E-state index in [0.29, 0.717) is 50.6 Å². The second-order valence-electron chi connectivity index (χ2n) is 11.1. The lowest BCUT2D eigenvalue weighted by Gasteiger charge is -2.20. The zero-order valence-electron chi connectivity index (χ0n) is 24.4. The van der Waals surface area contributed by atoms with E-state index in [-0.39, 0.29) is 34.3 Å². The summed E-state index contributed by atoms with van der Waals surface area (Å²) in [6.07, 6.45) is 0.613. The number of hydrogen-bond acceptors (Lipinski definition) is 6. The number of benzene rings is 3. The Morgan fingerprint density at radius 1 is 0.929 bits per heavy atom. The van der Waals surface area contributed by atoms with E-state index >= 15 is 0 Å². The Labute approximate surface area is 247 Å². The van der Waals surface area contributed by atoms with Crippen molar-refractivity contribution in [2.45, 2.75) is 50.6 Å². The van der Waals surface area contributed by atoms with Crippen molar-refractivity contribution in [3.8, 4) is 5.75 Å². The maximum atomic E-state index is 14.7. The second-order valence-corrected chi connectivity index (χ2v) is 12.8. The number of amides is 2. The molecular weight excluding hydrogens is 561 g/mol. The standard InChI is InChI=1S/C31H38FN3O6S/c1-31(2,3)24-7-9-25(10-8-24)33-30(36)35-20-22-6-12-27(18-23(22)21-35)42(37,38)34-29-13-11-26(19-28(29)32)41-15-5-14-40-17-16-39-4/h6-13,18-19,34H,5,14-17,20-21H2,1-4H3,(H,33,36). The van der Waals surface area contributed by atoms with Crippen LogP contribution in [0.5, 0.6) is 5.75 Å². The molecule has 4 rings (SSSR count). The van der Waals surface area contributed by atoms with E-state index in [4.69, 9.17) is 14.2 Å². The van der Waals surface area contributed by atoms with Gasteiger partial charge in [0.2, 0.25) is 0 Å². The molecule has 11 heteroatoms. The summed E-state index contributed by atoms with van der Waals surface area (Å²) in [5.74, 6) is -0.472. The van der Waals surface area contributed by atoms with E-state index < -0.39 is 15.8 Å². The highest BCUT2D eigenvalue weighted by molar-refractivity contribution is 7.92. The summed E-state index contributed by atoms with van der Waals surface area (Å²) in [6.45, 7) is 8.79. The van der Waals surface area contributed by atoms with E-state index in [2.05, 4.69) is 30.8 Å². The van der Waals surface area contributed by atoms with Crippen molar-refractivity contribution in [3.63, 3.8) is 0 Å². The van der Waals surface area contributed by atoms with Gasteiger partial charge in [-0.2, -0.15) is 0 Å². The summed E-state index contributed by atoms with van der Waals surface area (Å²) in [7, 11) is -2.48. The Morgan fingerprint density at radius 2 is 1.67 bits per heavy atom. The molecule has 0 aromatic heterocycles. The lowest BCUT2D eigenvalue weighted by Crippen LogP contribution is -2.30. The number of halogens is 1. The van der Waals surface area contributed by atoms with E-state index in [0.717, 1.165) is 17.2 Å². The number of hydrogen-bond donors (Lipinski definition) is 2. The van der Waals surface area contributed by atoms with Crippen LogP contribution in [0.3, 0.4) is 0 Å². The minimum Gasteiger partial charge on any atom is -0.493 e. The summed E-state index contributed by atoms with van der Waals surface area (Å²) in [6, 6.07) is 16.1. The van der Waals surface area contributed by atoms with Crippen molar-refractivity contribution in [2.24, 2.45) is 0 Å². The van der Waals surface area contributed by atoms with Gasteiger partial charge in [-0.15, -0.1) is 0 Å². The Hall–Kier alpha value is -3.67. The van der Waals surface area contributed by atoms with E-state index in [9.17, 15) is 17.6 Å². The van der Waals surface area contributed by atoms with Crippen molar-refractivity contribution < 1.29 is 31.8 Å². The molecule has 0 aliphatic carbocycles. The lowest BCUT2D eigenvalue weighted by atomic mass is 9.87. The molecule has 42 heavy (non-hydrogen) atoms. The number of methoxy groups -OCH3 is 1. The number of urea groups is 1. The van der Waals surface area contributed by atoms with Crippen LogP contribution in [-0.2, 0) is 38.0 Å². The molecule has 9 nitrogen and oxygen atoms in total. The van der Waals surface area contributed by atoms with Crippen LogP contribution < -0.4 is 14.8 Å². The number of sulfonamides is 1. The van der Waals surface area contributed by atoms with Crippen molar-refractivity contribution in [1.29, 1.82) is 0 Å². The van der Waals surface area contributed by atoms with Crippen molar-refractivity contribution in [1.82, 2.24) is 4.90 Å². The van der Waals surface area contributed by atoms with Gasteiger partial charge in [0.15, 0.2) is 5.82 Å². The third-order valence-electron chi connectivity index (χ3n) is 6.82. The van der Waals surface area contributed by atoms with E-state index in [1.807, 2.05) is 24.3 Å². The molecule has 3 aromatic rings. The summed E-state index contributed by atoms with van der Waals surface area (Å²) in [5, 5.41) is 2.91.